The van der Waals surface area contributed by atoms with Gasteiger partial charge in [0.25, 0.3) is 4.97 Å². The minimum absolute atomic E-state index is 0.461. The molecule has 0 heterocycles. The molecule has 15 heavy (non-hydrogen) atoms. The number of rotatable bonds is 3. The molecule has 0 spiro atoms. The third-order valence-corrected chi connectivity index (χ3v) is 3.28. The van der Waals surface area contributed by atoms with E-state index in [2.05, 4.69) is 0 Å². The second-order valence-electron chi connectivity index (χ2n) is 2.72. The minimum Gasteiger partial charge on any atom is -0.441 e. The zero-order valence-electron chi connectivity index (χ0n) is 7.64. The Labute approximate surface area is 113 Å². The molecule has 0 fully saturated rings. The first-order valence-electron chi connectivity index (χ1n) is 4.00. The normalized spacial score (nSPS) is 11.5. The van der Waals surface area contributed by atoms with Crippen LogP contribution in [0.25, 0.3) is 0 Å². The molecule has 0 atom stereocenters. The molecule has 0 saturated carbocycles. The maximum atomic E-state index is 5.99. The Morgan fingerprint density at radius 1 is 1.33 bits per heavy atom. The largest absolute Gasteiger partial charge is 0.441 e. The molecule has 0 aliphatic rings. The van der Waals surface area contributed by atoms with Crippen molar-refractivity contribution >= 4 is 62.5 Å². The first-order chi connectivity index (χ1) is 6.83. The third-order valence-electron chi connectivity index (χ3n) is 1.68. The summed E-state index contributed by atoms with van der Waals surface area (Å²) in [5, 5.41) is 0.987. The van der Waals surface area contributed by atoms with Crippen molar-refractivity contribution in [3.63, 3.8) is 0 Å². The Morgan fingerprint density at radius 3 is 2.40 bits per heavy atom. The topological polar surface area (TPSA) is 9.23 Å². The van der Waals surface area contributed by atoms with E-state index in [1.54, 1.807) is 12.1 Å². The van der Waals surface area contributed by atoms with Gasteiger partial charge in [-0.1, -0.05) is 30.1 Å². The first-order valence-corrected chi connectivity index (χ1v) is 9.29. The zero-order chi connectivity index (χ0) is 11.6. The zero-order valence-corrected chi connectivity index (χ0v) is 12.4. The molecule has 0 radical (unpaired) electrons. The second kappa shape index (κ2) is 5.44. The number of hydrogen-bond acceptors (Lipinski definition) is 2. The van der Waals surface area contributed by atoms with Crippen molar-refractivity contribution in [2.75, 3.05) is 0 Å². The summed E-state index contributed by atoms with van der Waals surface area (Å²) < 4.78 is 5.27. The molecule has 1 aromatic carbocycles. The standard InChI is InChI=1S/C8H7Cl4OPS/c1-2-6-7(10)3-5(9)4-8(6)13-14(11,12)15/h3-4H,2H2,1H3. The molecular formula is C8H7Cl4OPS. The molecule has 0 aliphatic carbocycles. The van der Waals surface area contributed by atoms with Crippen LogP contribution in [-0.4, -0.2) is 0 Å². The van der Waals surface area contributed by atoms with Crippen molar-refractivity contribution in [2.45, 2.75) is 13.3 Å². The fourth-order valence-corrected chi connectivity index (χ4v) is 2.81. The van der Waals surface area contributed by atoms with E-state index in [1.165, 1.54) is 0 Å². The molecule has 0 unspecified atom stereocenters. The lowest BCUT2D eigenvalue weighted by Gasteiger charge is -2.14. The highest BCUT2D eigenvalue weighted by Gasteiger charge is 2.16. The van der Waals surface area contributed by atoms with Crippen molar-refractivity contribution in [1.82, 2.24) is 0 Å². The molecule has 0 amide bonds. The van der Waals surface area contributed by atoms with Gasteiger partial charge in [-0.2, -0.15) is 0 Å². The minimum atomic E-state index is -2.81. The Balaban J connectivity index is 3.21. The lowest BCUT2D eigenvalue weighted by molar-refractivity contribution is 0.625. The van der Waals surface area contributed by atoms with E-state index >= 15 is 0 Å². The van der Waals surface area contributed by atoms with Crippen LogP contribution in [0.15, 0.2) is 12.1 Å². The van der Waals surface area contributed by atoms with Crippen LogP contribution in [0, 0.1) is 0 Å². The van der Waals surface area contributed by atoms with E-state index in [1.807, 2.05) is 6.92 Å². The maximum Gasteiger partial charge on any atom is 0.289 e. The predicted molar refractivity (Wildman–Crippen MR) is 72.5 cm³/mol. The molecule has 0 bridgehead atoms. The average molecular weight is 324 g/mol. The van der Waals surface area contributed by atoms with E-state index in [-0.39, 0.29) is 0 Å². The van der Waals surface area contributed by atoms with Crippen molar-refractivity contribution < 1.29 is 4.52 Å². The maximum absolute atomic E-state index is 5.99. The Morgan fingerprint density at radius 2 is 1.93 bits per heavy atom. The lowest BCUT2D eigenvalue weighted by Crippen LogP contribution is -1.91. The Hall–Kier alpha value is 0.830. The summed E-state index contributed by atoms with van der Waals surface area (Å²) >= 11 is 28.0. The number of hydrogen-bond donors (Lipinski definition) is 0. The average Bonchev–Trinajstić information content (AvgIpc) is 1.99. The van der Waals surface area contributed by atoms with Gasteiger partial charge in [0, 0.05) is 15.6 Å². The van der Waals surface area contributed by atoms with Gasteiger partial charge in [-0.3, -0.25) is 0 Å². The molecule has 0 N–H and O–H groups in total. The van der Waals surface area contributed by atoms with Gasteiger partial charge >= 0.3 is 0 Å². The highest BCUT2D eigenvalue weighted by molar-refractivity contribution is 8.36. The van der Waals surface area contributed by atoms with Gasteiger partial charge in [-0.25, -0.2) is 0 Å². The molecule has 0 saturated heterocycles. The van der Waals surface area contributed by atoms with E-state index in [9.17, 15) is 0 Å². The highest BCUT2D eigenvalue weighted by atomic mass is 35.9. The molecule has 1 rings (SSSR count). The van der Waals surface area contributed by atoms with Gasteiger partial charge in [0.15, 0.2) is 0 Å². The molecule has 1 nitrogen and oxygen atoms in total. The summed E-state index contributed by atoms with van der Waals surface area (Å²) in [6.07, 6.45) is 0.689. The van der Waals surface area contributed by atoms with Crippen molar-refractivity contribution in [3.05, 3.63) is 27.7 Å². The summed E-state index contributed by atoms with van der Waals surface area (Å²) in [6.45, 7) is 1.94. The predicted octanol–water partition coefficient (Wildman–Crippen LogP) is 5.64. The van der Waals surface area contributed by atoms with Gasteiger partial charge in [0.05, 0.1) is 0 Å². The summed E-state index contributed by atoms with van der Waals surface area (Å²) in [4.78, 5) is -2.81. The highest BCUT2D eigenvalue weighted by Crippen LogP contribution is 2.58. The van der Waals surface area contributed by atoms with Crippen LogP contribution in [0.1, 0.15) is 12.5 Å². The van der Waals surface area contributed by atoms with Crippen LogP contribution < -0.4 is 4.52 Å². The Kier molecular flexibility index (Phi) is 5.04. The first kappa shape index (κ1) is 13.9. The smallest absolute Gasteiger partial charge is 0.289 e. The van der Waals surface area contributed by atoms with Crippen LogP contribution in [0.4, 0.5) is 0 Å². The van der Waals surface area contributed by atoms with Crippen LogP contribution in [0.2, 0.25) is 10.0 Å². The summed E-state index contributed by atoms with van der Waals surface area (Å²) in [6, 6.07) is 3.25. The van der Waals surface area contributed by atoms with Gasteiger partial charge in [0.1, 0.15) is 5.75 Å². The quantitative estimate of drug-likeness (QED) is 0.666. The fraction of sp³-hybridized carbons (Fsp3) is 0.250. The van der Waals surface area contributed by atoms with Crippen molar-refractivity contribution in [1.29, 1.82) is 0 Å². The second-order valence-corrected chi connectivity index (χ2v) is 10.7. The molecule has 7 heteroatoms. The van der Waals surface area contributed by atoms with Crippen molar-refractivity contribution in [3.8, 4) is 5.75 Å². The summed E-state index contributed by atoms with van der Waals surface area (Å²) in [5.41, 5.74) is 0.802. The van der Waals surface area contributed by atoms with Crippen LogP contribution in [-0.2, 0) is 18.2 Å². The fourth-order valence-electron chi connectivity index (χ4n) is 1.12. The van der Waals surface area contributed by atoms with Gasteiger partial charge in [-0.15, -0.1) is 0 Å². The molecule has 1 aromatic rings. The van der Waals surface area contributed by atoms with Gasteiger partial charge in [-0.05, 0) is 52.8 Å². The van der Waals surface area contributed by atoms with Crippen LogP contribution >= 0.6 is 50.7 Å². The lowest BCUT2D eigenvalue weighted by atomic mass is 10.1. The monoisotopic (exact) mass is 322 g/mol. The van der Waals surface area contributed by atoms with E-state index < -0.39 is 4.97 Å². The molecule has 84 valence electrons. The van der Waals surface area contributed by atoms with Crippen LogP contribution in [0.3, 0.4) is 0 Å². The van der Waals surface area contributed by atoms with E-state index in [0.29, 0.717) is 22.2 Å². The van der Waals surface area contributed by atoms with Gasteiger partial charge in [0.2, 0.25) is 0 Å². The van der Waals surface area contributed by atoms with E-state index in [4.69, 9.17) is 62.0 Å². The number of benzene rings is 1. The van der Waals surface area contributed by atoms with E-state index in [0.717, 1.165) is 5.56 Å². The summed E-state index contributed by atoms with van der Waals surface area (Å²) in [5.74, 6) is 0.461. The molecular weight excluding hydrogens is 317 g/mol. The molecule has 0 aromatic heterocycles. The van der Waals surface area contributed by atoms with Gasteiger partial charge < -0.3 is 4.52 Å². The molecule has 0 aliphatic heterocycles. The summed E-state index contributed by atoms with van der Waals surface area (Å²) in [7, 11) is 0. The van der Waals surface area contributed by atoms with Crippen LogP contribution in [0.5, 0.6) is 5.75 Å². The number of halogens is 4. The SMILES string of the molecule is CCc1c(Cl)cc(Cl)cc1OP(=S)(Cl)Cl. The Bertz CT molecular complexity index is 417. The third kappa shape index (κ3) is 4.30. The van der Waals surface area contributed by atoms with Crippen molar-refractivity contribution in [2.24, 2.45) is 0 Å².